The number of thioether (sulfide) groups is 1. The molecule has 0 saturated heterocycles. The van der Waals surface area contributed by atoms with Gasteiger partial charge in [-0.3, -0.25) is 4.57 Å². The average molecular weight is 487 g/mol. The van der Waals surface area contributed by atoms with Crippen molar-refractivity contribution in [3.05, 3.63) is 63.9 Å². The third kappa shape index (κ3) is 4.79. The molecule has 0 aliphatic heterocycles. The van der Waals surface area contributed by atoms with Crippen molar-refractivity contribution in [2.45, 2.75) is 17.8 Å². The molecule has 0 fully saturated rings. The van der Waals surface area contributed by atoms with Gasteiger partial charge in [0.1, 0.15) is 5.82 Å². The van der Waals surface area contributed by atoms with Gasteiger partial charge in [-0.1, -0.05) is 41.0 Å². The van der Waals surface area contributed by atoms with E-state index in [0.717, 1.165) is 16.8 Å². The highest BCUT2D eigenvalue weighted by Crippen LogP contribution is 2.31. The van der Waals surface area contributed by atoms with Crippen LogP contribution in [0.25, 0.3) is 17.1 Å². The van der Waals surface area contributed by atoms with Crippen molar-refractivity contribution in [1.29, 1.82) is 0 Å². The fraction of sp³-hybridized carbons (Fsp3) is 0.190. The maximum atomic E-state index is 6.42. The number of nitrogens with two attached hydrogens (primary N) is 1. The summed E-state index contributed by atoms with van der Waals surface area (Å²) in [4.78, 5) is 14.6. The highest BCUT2D eigenvalue weighted by atomic mass is 35.5. The monoisotopic (exact) mass is 486 g/mol. The van der Waals surface area contributed by atoms with Crippen molar-refractivity contribution in [1.82, 2.24) is 29.7 Å². The van der Waals surface area contributed by atoms with Gasteiger partial charge in [0.25, 0.3) is 0 Å². The molecule has 164 valence electrons. The van der Waals surface area contributed by atoms with Crippen molar-refractivity contribution < 1.29 is 0 Å². The van der Waals surface area contributed by atoms with Crippen LogP contribution in [-0.4, -0.2) is 43.8 Å². The Balaban J connectivity index is 1.74. The van der Waals surface area contributed by atoms with E-state index in [1.165, 1.54) is 11.8 Å². The zero-order valence-corrected chi connectivity index (χ0v) is 19.9. The molecule has 2 heterocycles. The molecule has 0 aliphatic rings. The van der Waals surface area contributed by atoms with E-state index in [2.05, 4.69) is 25.1 Å². The summed E-state index contributed by atoms with van der Waals surface area (Å²) in [6.07, 6.45) is 0. The van der Waals surface area contributed by atoms with Gasteiger partial charge >= 0.3 is 0 Å². The molecule has 0 radical (unpaired) electrons. The normalized spacial score (nSPS) is 11.0. The number of aromatic nitrogens is 6. The first kappa shape index (κ1) is 22.3. The van der Waals surface area contributed by atoms with E-state index < -0.39 is 0 Å². The van der Waals surface area contributed by atoms with Crippen LogP contribution in [0.1, 0.15) is 11.4 Å². The summed E-state index contributed by atoms with van der Waals surface area (Å²) >= 11 is 13.9. The molecule has 0 spiro atoms. The van der Waals surface area contributed by atoms with Gasteiger partial charge in [-0.2, -0.15) is 15.0 Å². The zero-order chi connectivity index (χ0) is 22.8. The summed E-state index contributed by atoms with van der Waals surface area (Å²) in [5.74, 6) is 2.34. The van der Waals surface area contributed by atoms with E-state index in [9.17, 15) is 0 Å². The SMILES string of the molecule is Cc1ccc(-n2c(SCc3nc(N)nc(N(C)C)n3)nnc2-c2ccc(Cl)cc2)cc1Cl. The van der Waals surface area contributed by atoms with Gasteiger partial charge in [0.2, 0.25) is 11.9 Å². The number of anilines is 2. The van der Waals surface area contributed by atoms with Crippen LogP contribution in [0.2, 0.25) is 10.0 Å². The highest BCUT2D eigenvalue weighted by Gasteiger charge is 2.18. The smallest absolute Gasteiger partial charge is 0.229 e. The maximum absolute atomic E-state index is 6.42. The maximum Gasteiger partial charge on any atom is 0.229 e. The molecule has 8 nitrogen and oxygen atoms in total. The molecule has 4 aromatic rings. The minimum atomic E-state index is 0.174. The summed E-state index contributed by atoms with van der Waals surface area (Å²) in [5, 5.41) is 10.8. The molecule has 2 aromatic carbocycles. The first-order chi connectivity index (χ1) is 15.3. The topological polar surface area (TPSA) is 98.6 Å². The quantitative estimate of drug-likeness (QED) is 0.392. The van der Waals surface area contributed by atoms with Gasteiger partial charge in [0, 0.05) is 29.7 Å². The fourth-order valence-electron chi connectivity index (χ4n) is 2.92. The standard InChI is InChI=1S/C21H20Cl2N8S/c1-12-4-9-15(10-16(12)23)31-18(13-5-7-14(22)8-6-13)28-29-21(31)32-11-17-25-19(24)27-20(26-17)30(2)3/h4-10H,11H2,1-3H3,(H2,24,25,26,27). The lowest BCUT2D eigenvalue weighted by Crippen LogP contribution is -2.16. The molecular weight excluding hydrogens is 467 g/mol. The van der Waals surface area contributed by atoms with Gasteiger partial charge in [0.05, 0.1) is 11.4 Å². The lowest BCUT2D eigenvalue weighted by molar-refractivity contribution is 0.878. The van der Waals surface area contributed by atoms with Gasteiger partial charge in [-0.15, -0.1) is 10.2 Å². The summed E-state index contributed by atoms with van der Waals surface area (Å²) < 4.78 is 1.95. The number of hydrogen-bond acceptors (Lipinski definition) is 8. The zero-order valence-electron chi connectivity index (χ0n) is 17.6. The second-order valence-electron chi connectivity index (χ2n) is 7.17. The molecule has 0 unspecified atom stereocenters. The molecule has 11 heteroatoms. The van der Waals surface area contributed by atoms with Crippen LogP contribution in [0.5, 0.6) is 0 Å². The number of aryl methyl sites for hydroxylation is 1. The van der Waals surface area contributed by atoms with Crippen LogP contribution >= 0.6 is 35.0 Å². The Morgan fingerprint density at radius 1 is 1.00 bits per heavy atom. The number of hydrogen-bond donors (Lipinski definition) is 1. The summed E-state index contributed by atoms with van der Waals surface area (Å²) in [6, 6.07) is 13.3. The molecule has 0 bridgehead atoms. The number of nitrogen functional groups attached to an aromatic ring is 1. The number of nitrogens with zero attached hydrogens (tertiary/aromatic N) is 7. The molecule has 0 atom stereocenters. The third-order valence-corrected chi connectivity index (χ3v) is 6.15. The summed E-state index contributed by atoms with van der Waals surface area (Å²) in [6.45, 7) is 1.96. The molecule has 0 saturated carbocycles. The van der Waals surface area contributed by atoms with Gasteiger partial charge < -0.3 is 10.6 Å². The molecule has 2 aromatic heterocycles. The lowest BCUT2D eigenvalue weighted by atomic mass is 10.2. The first-order valence-electron chi connectivity index (χ1n) is 9.60. The van der Waals surface area contributed by atoms with Crippen LogP contribution < -0.4 is 10.6 Å². The van der Waals surface area contributed by atoms with Crippen LogP contribution in [0.3, 0.4) is 0 Å². The van der Waals surface area contributed by atoms with Crippen LogP contribution in [0.15, 0.2) is 47.6 Å². The van der Waals surface area contributed by atoms with Gasteiger partial charge in [-0.25, -0.2) is 0 Å². The van der Waals surface area contributed by atoms with E-state index in [1.54, 1.807) is 4.90 Å². The van der Waals surface area contributed by atoms with Crippen molar-refractivity contribution >= 4 is 46.9 Å². The van der Waals surface area contributed by atoms with Gasteiger partial charge in [0.15, 0.2) is 11.0 Å². The minimum Gasteiger partial charge on any atom is -0.368 e. The Hall–Kier alpha value is -2.88. The third-order valence-electron chi connectivity index (χ3n) is 4.57. The Kier molecular flexibility index (Phi) is 6.50. The Labute approximate surface area is 199 Å². The molecule has 0 aliphatic carbocycles. The Morgan fingerprint density at radius 2 is 1.75 bits per heavy atom. The molecule has 32 heavy (non-hydrogen) atoms. The van der Waals surface area contributed by atoms with Crippen molar-refractivity contribution in [2.24, 2.45) is 0 Å². The summed E-state index contributed by atoms with van der Waals surface area (Å²) in [5.41, 5.74) is 8.57. The number of rotatable bonds is 6. The lowest BCUT2D eigenvalue weighted by Gasteiger charge is -2.13. The highest BCUT2D eigenvalue weighted by molar-refractivity contribution is 7.98. The van der Waals surface area contributed by atoms with E-state index in [-0.39, 0.29) is 5.95 Å². The van der Waals surface area contributed by atoms with E-state index in [4.69, 9.17) is 28.9 Å². The number of benzene rings is 2. The Bertz CT molecular complexity index is 1260. The second kappa shape index (κ2) is 9.32. The average Bonchev–Trinajstić information content (AvgIpc) is 3.18. The first-order valence-corrected chi connectivity index (χ1v) is 11.3. The summed E-state index contributed by atoms with van der Waals surface area (Å²) in [7, 11) is 3.70. The van der Waals surface area contributed by atoms with Crippen molar-refractivity contribution in [3.8, 4) is 17.1 Å². The van der Waals surface area contributed by atoms with E-state index >= 15 is 0 Å². The molecule has 2 N–H and O–H groups in total. The van der Waals surface area contributed by atoms with Gasteiger partial charge in [-0.05, 0) is 48.9 Å². The van der Waals surface area contributed by atoms with Crippen molar-refractivity contribution in [2.75, 3.05) is 24.7 Å². The fourth-order valence-corrected chi connectivity index (χ4v) is 4.03. The van der Waals surface area contributed by atoms with E-state index in [0.29, 0.717) is 38.6 Å². The molecular formula is C21H20Cl2N8S. The largest absolute Gasteiger partial charge is 0.368 e. The predicted molar refractivity (Wildman–Crippen MR) is 130 cm³/mol. The van der Waals surface area contributed by atoms with Crippen LogP contribution in [0, 0.1) is 6.92 Å². The Morgan fingerprint density at radius 3 is 2.44 bits per heavy atom. The molecule has 0 amide bonds. The van der Waals surface area contributed by atoms with Crippen molar-refractivity contribution in [3.63, 3.8) is 0 Å². The predicted octanol–water partition coefficient (Wildman–Crippen LogP) is 4.68. The number of halogens is 2. The van der Waals surface area contributed by atoms with Crippen LogP contribution in [0.4, 0.5) is 11.9 Å². The van der Waals surface area contributed by atoms with Crippen LogP contribution in [-0.2, 0) is 5.75 Å². The second-order valence-corrected chi connectivity index (χ2v) is 8.96. The minimum absolute atomic E-state index is 0.174. The molecule has 4 rings (SSSR count). The van der Waals surface area contributed by atoms with E-state index in [1.807, 2.05) is 68.1 Å².